The normalized spacial score (nSPS) is 14.8. The van der Waals surface area contributed by atoms with Crippen LogP contribution in [0.2, 0.25) is 5.02 Å². The third kappa shape index (κ3) is 3.31. The Morgan fingerprint density at radius 2 is 2.04 bits per heavy atom. The highest BCUT2D eigenvalue weighted by molar-refractivity contribution is 6.31. The van der Waals surface area contributed by atoms with Crippen LogP contribution in [0.4, 0.5) is 10.6 Å². The van der Waals surface area contributed by atoms with Crippen molar-refractivity contribution >= 4 is 34.3 Å². The van der Waals surface area contributed by atoms with Gasteiger partial charge in [-0.3, -0.25) is 14.3 Å². The number of carbonyl (C=O) groups is 1. The van der Waals surface area contributed by atoms with Gasteiger partial charge in [0, 0.05) is 24.5 Å². The summed E-state index contributed by atoms with van der Waals surface area (Å²) in [5, 5.41) is 10.9. The van der Waals surface area contributed by atoms with Gasteiger partial charge >= 0.3 is 6.09 Å². The number of fused-ring (bicyclic) bond motifs is 1. The third-order valence-corrected chi connectivity index (χ3v) is 5.06. The minimum absolute atomic E-state index is 0.213. The van der Waals surface area contributed by atoms with E-state index in [1.807, 2.05) is 0 Å². The maximum absolute atomic E-state index is 12.6. The van der Waals surface area contributed by atoms with Gasteiger partial charge in [-0.05, 0) is 37.0 Å². The van der Waals surface area contributed by atoms with Crippen LogP contribution < -0.4 is 15.2 Å². The van der Waals surface area contributed by atoms with Gasteiger partial charge in [0.2, 0.25) is 0 Å². The van der Waals surface area contributed by atoms with Gasteiger partial charge in [0.1, 0.15) is 0 Å². The van der Waals surface area contributed by atoms with Crippen molar-refractivity contribution in [1.82, 2.24) is 4.57 Å². The Balaban J connectivity index is 2.18. The standard InChI is InChI=1S/C18H21ClN2O4/c1-20-16(21(2)18(23)24)15(25-10-11-5-3-4-6-11)14-9-12(19)7-8-13(14)17(20)22/h7-9,11H,3-6,10H2,1-2H3,(H,23,24). The number of halogens is 1. The average molecular weight is 365 g/mol. The van der Waals surface area contributed by atoms with Crippen LogP contribution in [-0.4, -0.2) is 29.4 Å². The molecule has 0 aliphatic heterocycles. The molecular formula is C18H21ClN2O4. The molecule has 0 atom stereocenters. The molecule has 6 nitrogen and oxygen atoms in total. The van der Waals surface area contributed by atoms with Crippen molar-refractivity contribution in [3.8, 4) is 5.75 Å². The Morgan fingerprint density at radius 1 is 1.36 bits per heavy atom. The highest BCUT2D eigenvalue weighted by Gasteiger charge is 2.24. The number of pyridine rings is 1. The van der Waals surface area contributed by atoms with E-state index in [1.165, 1.54) is 24.5 Å². The van der Waals surface area contributed by atoms with Gasteiger partial charge in [0.05, 0.1) is 12.0 Å². The molecule has 0 bridgehead atoms. The number of carboxylic acid groups (broad SMARTS) is 1. The largest absolute Gasteiger partial charge is 0.489 e. The van der Waals surface area contributed by atoms with E-state index in [0.29, 0.717) is 34.1 Å². The monoisotopic (exact) mass is 364 g/mol. The zero-order valence-electron chi connectivity index (χ0n) is 14.3. The second kappa shape index (κ2) is 6.96. The predicted octanol–water partition coefficient (Wildman–Crippen LogP) is 3.88. The van der Waals surface area contributed by atoms with Crippen molar-refractivity contribution in [3.05, 3.63) is 33.6 Å². The molecule has 2 aromatic rings. The molecular weight excluding hydrogens is 344 g/mol. The van der Waals surface area contributed by atoms with Crippen LogP contribution in [0.3, 0.4) is 0 Å². The van der Waals surface area contributed by atoms with E-state index in [4.69, 9.17) is 16.3 Å². The van der Waals surface area contributed by atoms with Gasteiger partial charge < -0.3 is 9.84 Å². The number of hydrogen-bond donors (Lipinski definition) is 1. The molecule has 1 N–H and O–H groups in total. The van der Waals surface area contributed by atoms with Crippen molar-refractivity contribution in [3.63, 3.8) is 0 Å². The van der Waals surface area contributed by atoms with E-state index >= 15 is 0 Å². The molecule has 1 heterocycles. The maximum Gasteiger partial charge on any atom is 0.412 e. The number of ether oxygens (including phenoxy) is 1. The van der Waals surface area contributed by atoms with Gasteiger partial charge in [-0.15, -0.1) is 0 Å². The molecule has 25 heavy (non-hydrogen) atoms. The molecule has 1 saturated carbocycles. The summed E-state index contributed by atoms with van der Waals surface area (Å²) in [5.41, 5.74) is -0.289. The summed E-state index contributed by atoms with van der Waals surface area (Å²) in [5.74, 6) is 1.05. The second-order valence-electron chi connectivity index (χ2n) is 6.51. The van der Waals surface area contributed by atoms with Gasteiger partial charge in [-0.1, -0.05) is 24.4 Å². The first-order chi connectivity index (χ1) is 11.9. The zero-order valence-corrected chi connectivity index (χ0v) is 15.0. The molecule has 3 rings (SSSR count). The molecule has 0 unspecified atom stereocenters. The Labute approximate surface area is 150 Å². The van der Waals surface area contributed by atoms with Gasteiger partial charge in [-0.2, -0.15) is 0 Å². The Hall–Kier alpha value is -2.21. The minimum Gasteiger partial charge on any atom is -0.489 e. The number of benzene rings is 1. The molecule has 1 aromatic carbocycles. The van der Waals surface area contributed by atoms with Crippen molar-refractivity contribution in [2.45, 2.75) is 25.7 Å². The van der Waals surface area contributed by atoms with Crippen molar-refractivity contribution in [1.29, 1.82) is 0 Å². The summed E-state index contributed by atoms with van der Waals surface area (Å²) < 4.78 is 7.39. The molecule has 0 spiro atoms. The van der Waals surface area contributed by atoms with E-state index in [-0.39, 0.29) is 11.4 Å². The first-order valence-electron chi connectivity index (χ1n) is 8.32. The summed E-state index contributed by atoms with van der Waals surface area (Å²) in [6.45, 7) is 0.500. The van der Waals surface area contributed by atoms with Crippen molar-refractivity contribution in [2.24, 2.45) is 13.0 Å². The minimum atomic E-state index is -1.16. The highest BCUT2D eigenvalue weighted by Crippen LogP contribution is 2.36. The van der Waals surface area contributed by atoms with E-state index in [1.54, 1.807) is 25.2 Å². The van der Waals surface area contributed by atoms with Crippen LogP contribution in [-0.2, 0) is 7.05 Å². The SMILES string of the molecule is CN(C(=O)O)c1c(OCC2CCCC2)c2cc(Cl)ccc2c(=O)n1C. The molecule has 1 aromatic heterocycles. The predicted molar refractivity (Wildman–Crippen MR) is 98.1 cm³/mol. The molecule has 1 fully saturated rings. The lowest BCUT2D eigenvalue weighted by Gasteiger charge is -2.23. The summed E-state index contributed by atoms with van der Waals surface area (Å²) in [6, 6.07) is 4.95. The molecule has 1 aliphatic carbocycles. The Bertz CT molecular complexity index is 871. The summed E-state index contributed by atoms with van der Waals surface area (Å²) in [7, 11) is 2.95. The van der Waals surface area contributed by atoms with Crippen LogP contribution in [0, 0.1) is 5.92 Å². The van der Waals surface area contributed by atoms with Crippen LogP contribution in [0.25, 0.3) is 10.8 Å². The number of anilines is 1. The molecule has 7 heteroatoms. The van der Waals surface area contributed by atoms with Gasteiger partial charge in [0.25, 0.3) is 5.56 Å². The van der Waals surface area contributed by atoms with E-state index < -0.39 is 6.09 Å². The number of nitrogens with zero attached hydrogens (tertiary/aromatic N) is 2. The molecule has 0 saturated heterocycles. The highest BCUT2D eigenvalue weighted by atomic mass is 35.5. The Morgan fingerprint density at radius 3 is 2.68 bits per heavy atom. The van der Waals surface area contributed by atoms with Crippen LogP contribution in [0.15, 0.2) is 23.0 Å². The zero-order chi connectivity index (χ0) is 18.1. The van der Waals surface area contributed by atoms with E-state index in [2.05, 4.69) is 0 Å². The second-order valence-corrected chi connectivity index (χ2v) is 6.95. The van der Waals surface area contributed by atoms with Crippen LogP contribution in [0.5, 0.6) is 5.75 Å². The fraction of sp³-hybridized carbons (Fsp3) is 0.444. The maximum atomic E-state index is 12.6. The average Bonchev–Trinajstić information content (AvgIpc) is 3.09. The van der Waals surface area contributed by atoms with Gasteiger partial charge in [-0.25, -0.2) is 4.79 Å². The lowest BCUT2D eigenvalue weighted by molar-refractivity contribution is 0.202. The molecule has 1 amide bonds. The summed E-state index contributed by atoms with van der Waals surface area (Å²) in [4.78, 5) is 25.2. The lowest BCUT2D eigenvalue weighted by atomic mass is 10.1. The Kier molecular flexibility index (Phi) is 4.90. The quantitative estimate of drug-likeness (QED) is 0.893. The molecule has 0 radical (unpaired) electrons. The summed E-state index contributed by atoms with van der Waals surface area (Å²) >= 11 is 6.11. The van der Waals surface area contributed by atoms with Crippen molar-refractivity contribution in [2.75, 3.05) is 18.6 Å². The van der Waals surface area contributed by atoms with Crippen LogP contribution >= 0.6 is 11.6 Å². The van der Waals surface area contributed by atoms with E-state index in [9.17, 15) is 14.7 Å². The number of aromatic nitrogens is 1. The first kappa shape index (κ1) is 17.6. The summed E-state index contributed by atoms with van der Waals surface area (Å²) in [6.07, 6.45) is 3.43. The lowest BCUT2D eigenvalue weighted by Crippen LogP contribution is -2.32. The van der Waals surface area contributed by atoms with Crippen molar-refractivity contribution < 1.29 is 14.6 Å². The fourth-order valence-corrected chi connectivity index (χ4v) is 3.60. The number of rotatable bonds is 4. The molecule has 134 valence electrons. The smallest absolute Gasteiger partial charge is 0.412 e. The topological polar surface area (TPSA) is 71.8 Å². The van der Waals surface area contributed by atoms with E-state index in [0.717, 1.165) is 17.7 Å². The number of amides is 1. The van der Waals surface area contributed by atoms with Crippen LogP contribution in [0.1, 0.15) is 25.7 Å². The third-order valence-electron chi connectivity index (χ3n) is 4.82. The fourth-order valence-electron chi connectivity index (χ4n) is 3.43. The first-order valence-corrected chi connectivity index (χ1v) is 8.69. The number of hydrogen-bond acceptors (Lipinski definition) is 3. The molecule has 1 aliphatic rings. The van der Waals surface area contributed by atoms with Gasteiger partial charge in [0.15, 0.2) is 11.6 Å².